The first-order chi connectivity index (χ1) is 22.0. The minimum Gasteiger partial charge on any atom is -0.505 e. The normalized spacial score (nSPS) is 11.6. The Morgan fingerprint density at radius 2 is 1.76 bits per heavy atom. The monoisotopic (exact) mass is 642 g/mol. The minimum atomic E-state index is -0.960. The summed E-state index contributed by atoms with van der Waals surface area (Å²) in [6.45, 7) is 8.30. The van der Waals surface area contributed by atoms with E-state index in [1.54, 1.807) is 54.6 Å². The quantitative estimate of drug-likeness (QED) is 0.0305. The number of fused-ring (bicyclic) bond motifs is 1. The molecule has 0 saturated carbocycles. The first-order valence-electron chi connectivity index (χ1n) is 13.8. The van der Waals surface area contributed by atoms with E-state index in [0.29, 0.717) is 27.8 Å². The van der Waals surface area contributed by atoms with E-state index < -0.39 is 29.6 Å². The number of benzene rings is 4. The van der Waals surface area contributed by atoms with Gasteiger partial charge in [0.1, 0.15) is 24.1 Å². The van der Waals surface area contributed by atoms with Crippen LogP contribution in [-0.2, 0) is 14.3 Å². The second-order valence-electron chi connectivity index (χ2n) is 10.0. The molecule has 0 fully saturated rings. The molecule has 4 aromatic carbocycles. The van der Waals surface area contributed by atoms with Gasteiger partial charge in [-0.3, -0.25) is 9.59 Å². The zero-order valence-corrected chi connectivity index (χ0v) is 25.5. The number of phenolic OH excluding ortho intramolecular Hbond substituents is 1. The van der Waals surface area contributed by atoms with Gasteiger partial charge in [-0.1, -0.05) is 49.0 Å². The topological polar surface area (TPSA) is 179 Å². The van der Waals surface area contributed by atoms with Crippen molar-refractivity contribution in [3.8, 4) is 5.75 Å². The number of hydrazine groups is 1. The molecule has 0 bridgehead atoms. The Bertz CT molecular complexity index is 1840. The van der Waals surface area contributed by atoms with Gasteiger partial charge in [0, 0.05) is 28.9 Å². The van der Waals surface area contributed by atoms with Gasteiger partial charge in [0.15, 0.2) is 5.75 Å². The molecular weight excluding hydrogens is 612 g/mol. The molecule has 0 radical (unpaired) electrons. The summed E-state index contributed by atoms with van der Waals surface area (Å²) in [6, 6.07) is 19.6. The minimum absolute atomic E-state index is 0.0296. The Morgan fingerprint density at radius 1 is 1.07 bits per heavy atom. The maximum absolute atomic E-state index is 13.5. The fourth-order valence-corrected chi connectivity index (χ4v) is 4.34. The van der Waals surface area contributed by atoms with Crippen LogP contribution in [0.5, 0.6) is 5.75 Å². The number of aliphatic hydroxyl groups excluding tert-OH is 1. The highest BCUT2D eigenvalue weighted by molar-refractivity contribution is 6.33. The number of aromatic hydroxyl groups is 1. The highest BCUT2D eigenvalue weighted by Crippen LogP contribution is 2.40. The van der Waals surface area contributed by atoms with E-state index >= 15 is 0 Å². The molecule has 0 aliphatic heterocycles. The summed E-state index contributed by atoms with van der Waals surface area (Å²) in [4.78, 5) is 36.6. The highest BCUT2D eigenvalue weighted by atomic mass is 35.5. The Morgan fingerprint density at radius 3 is 2.43 bits per heavy atom. The van der Waals surface area contributed by atoms with Crippen LogP contribution in [0.25, 0.3) is 10.8 Å². The summed E-state index contributed by atoms with van der Waals surface area (Å²) < 4.78 is 4.94. The van der Waals surface area contributed by atoms with E-state index in [1.165, 1.54) is 25.1 Å². The van der Waals surface area contributed by atoms with Crippen LogP contribution >= 0.6 is 11.6 Å². The average Bonchev–Trinajstić information content (AvgIpc) is 3.05. The second-order valence-corrected chi connectivity index (χ2v) is 10.4. The molecule has 0 aliphatic carbocycles. The fraction of sp³-hybridized carbons (Fsp3) is 0.121. The van der Waals surface area contributed by atoms with Crippen LogP contribution in [-0.4, -0.2) is 47.3 Å². The van der Waals surface area contributed by atoms with Crippen molar-refractivity contribution in [3.05, 3.63) is 108 Å². The number of rotatable bonds is 12. The molecule has 0 heterocycles. The smallest absolute Gasteiger partial charge is 0.333 e. The standard InChI is InChI=1S/C33H31ClN6O6/c1-4-29(42)37-22-11-14-28(27(34)16-22)38-39-30-25-8-6-5-7-20(25)15-26(31(30)43)32(44)40(35)23-12-9-21(10-13-23)36-17-24(41)18-46-33(45)19(2)3/h4-16,24,36,41,43H,1-2,17-18,35H2,3H3,(H,37,42). The van der Waals surface area contributed by atoms with E-state index in [4.69, 9.17) is 22.2 Å². The molecule has 13 heteroatoms. The predicted molar refractivity (Wildman–Crippen MR) is 178 cm³/mol. The van der Waals surface area contributed by atoms with E-state index in [-0.39, 0.29) is 40.7 Å². The summed E-state index contributed by atoms with van der Waals surface area (Å²) in [6.07, 6.45) is 0.167. The molecule has 1 unspecified atom stereocenters. The van der Waals surface area contributed by atoms with E-state index in [2.05, 4.69) is 34.0 Å². The van der Waals surface area contributed by atoms with Crippen LogP contribution < -0.4 is 21.5 Å². The van der Waals surface area contributed by atoms with Gasteiger partial charge in [0.05, 0.1) is 16.3 Å². The number of hydrogen-bond donors (Lipinski definition) is 5. The molecule has 2 amide bonds. The van der Waals surface area contributed by atoms with Gasteiger partial charge < -0.3 is 25.6 Å². The Labute approximate surface area is 269 Å². The number of carbonyl (C=O) groups is 3. The molecule has 12 nitrogen and oxygen atoms in total. The van der Waals surface area contributed by atoms with Gasteiger partial charge in [0.25, 0.3) is 5.91 Å². The number of azo groups is 1. The van der Waals surface area contributed by atoms with Crippen molar-refractivity contribution in [2.24, 2.45) is 16.1 Å². The summed E-state index contributed by atoms with van der Waals surface area (Å²) in [5.41, 5.74) is 1.77. The Balaban J connectivity index is 1.53. The van der Waals surface area contributed by atoms with Crippen LogP contribution in [0.3, 0.4) is 0 Å². The lowest BCUT2D eigenvalue weighted by atomic mass is 10.0. The van der Waals surface area contributed by atoms with Crippen LogP contribution in [0.1, 0.15) is 17.3 Å². The van der Waals surface area contributed by atoms with Gasteiger partial charge in [-0.05, 0) is 66.9 Å². The van der Waals surface area contributed by atoms with Crippen molar-refractivity contribution in [1.82, 2.24) is 0 Å². The Hall–Kier alpha value is -5.56. The molecule has 4 rings (SSSR count). The van der Waals surface area contributed by atoms with Crippen molar-refractivity contribution in [2.45, 2.75) is 13.0 Å². The number of nitrogens with one attached hydrogen (secondary N) is 2. The summed E-state index contributed by atoms with van der Waals surface area (Å²) in [5, 5.41) is 37.5. The van der Waals surface area contributed by atoms with Crippen LogP contribution in [0.4, 0.5) is 28.4 Å². The van der Waals surface area contributed by atoms with Crippen LogP contribution in [0, 0.1) is 0 Å². The summed E-state index contributed by atoms with van der Waals surface area (Å²) >= 11 is 6.35. The maximum atomic E-state index is 13.5. The molecule has 6 N–H and O–H groups in total. The lowest BCUT2D eigenvalue weighted by Crippen LogP contribution is -2.37. The maximum Gasteiger partial charge on any atom is 0.333 e. The third-order valence-corrected chi connectivity index (χ3v) is 6.85. The average molecular weight is 643 g/mol. The van der Waals surface area contributed by atoms with Crippen molar-refractivity contribution in [3.63, 3.8) is 0 Å². The lowest BCUT2D eigenvalue weighted by Gasteiger charge is -2.19. The van der Waals surface area contributed by atoms with E-state index in [9.17, 15) is 24.6 Å². The van der Waals surface area contributed by atoms with Gasteiger partial charge in [-0.2, -0.15) is 0 Å². The third kappa shape index (κ3) is 8.12. The third-order valence-electron chi connectivity index (χ3n) is 6.55. The first kappa shape index (κ1) is 33.3. The first-order valence-corrected chi connectivity index (χ1v) is 14.2. The molecule has 236 valence electrons. The molecule has 0 spiro atoms. The van der Waals surface area contributed by atoms with Crippen molar-refractivity contribution in [2.75, 3.05) is 28.8 Å². The molecule has 0 aliphatic rings. The highest BCUT2D eigenvalue weighted by Gasteiger charge is 2.23. The van der Waals surface area contributed by atoms with Crippen molar-refractivity contribution >= 4 is 68.6 Å². The van der Waals surface area contributed by atoms with Gasteiger partial charge in [0.2, 0.25) is 5.91 Å². The number of nitrogens with two attached hydrogens (primary N) is 1. The number of aliphatic hydroxyl groups is 1. The Kier molecular flexibility index (Phi) is 10.8. The number of esters is 1. The van der Waals surface area contributed by atoms with Gasteiger partial charge in [-0.15, -0.1) is 10.2 Å². The van der Waals surface area contributed by atoms with Crippen molar-refractivity contribution < 1.29 is 29.3 Å². The number of hydrogen-bond acceptors (Lipinski definition) is 10. The van der Waals surface area contributed by atoms with E-state index in [1.807, 2.05) is 0 Å². The number of halogens is 1. The molecule has 4 aromatic rings. The van der Waals surface area contributed by atoms with Crippen molar-refractivity contribution in [1.29, 1.82) is 0 Å². The number of nitrogens with zero attached hydrogens (tertiary/aromatic N) is 3. The molecule has 46 heavy (non-hydrogen) atoms. The largest absolute Gasteiger partial charge is 0.505 e. The zero-order valence-electron chi connectivity index (χ0n) is 24.7. The second kappa shape index (κ2) is 14.9. The van der Waals surface area contributed by atoms with Gasteiger partial charge in [-0.25, -0.2) is 15.6 Å². The molecule has 0 saturated heterocycles. The van der Waals surface area contributed by atoms with Crippen LogP contribution in [0.2, 0.25) is 5.02 Å². The molecular formula is C33H31ClN6O6. The zero-order chi connectivity index (χ0) is 33.4. The SMILES string of the molecule is C=CC(=O)Nc1ccc(N=Nc2c(O)c(C(=O)N(N)c3ccc(NCC(O)COC(=O)C(=C)C)cc3)cc3ccccc23)c(Cl)c1. The number of amides is 2. The number of phenols is 1. The van der Waals surface area contributed by atoms with E-state index in [0.717, 1.165) is 11.1 Å². The van der Waals surface area contributed by atoms with Gasteiger partial charge >= 0.3 is 5.97 Å². The lowest BCUT2D eigenvalue weighted by molar-refractivity contribution is -0.141. The van der Waals surface area contributed by atoms with Crippen LogP contribution in [0.15, 0.2) is 108 Å². The number of ether oxygens (including phenoxy) is 1. The summed E-state index contributed by atoms with van der Waals surface area (Å²) in [7, 11) is 0. The number of carbonyl (C=O) groups excluding carboxylic acids is 3. The fourth-order valence-electron chi connectivity index (χ4n) is 4.12. The molecule has 1 atom stereocenters. The summed E-state index contributed by atoms with van der Waals surface area (Å²) in [5.74, 6) is 4.05. The molecule has 0 aromatic heterocycles. The predicted octanol–water partition coefficient (Wildman–Crippen LogP) is 6.15. The number of anilines is 3.